The van der Waals surface area contributed by atoms with Crippen molar-refractivity contribution in [2.45, 2.75) is 57.2 Å². The highest BCUT2D eigenvalue weighted by Gasteiger charge is 2.32. The van der Waals surface area contributed by atoms with Gasteiger partial charge in [0.25, 0.3) is 0 Å². The van der Waals surface area contributed by atoms with Gasteiger partial charge in [-0.1, -0.05) is 31.0 Å². The lowest BCUT2D eigenvalue weighted by molar-refractivity contribution is 0.229. The Morgan fingerprint density at radius 1 is 1.14 bits per heavy atom. The van der Waals surface area contributed by atoms with E-state index in [9.17, 15) is 0 Å². The fourth-order valence-electron chi connectivity index (χ4n) is 4.04. The van der Waals surface area contributed by atoms with Gasteiger partial charge in [0.2, 0.25) is 0 Å². The SMILES string of the molecule is COc1ccccc1CN[C@H]1CCCN[C@H]1C1CCCC1. The summed E-state index contributed by atoms with van der Waals surface area (Å²) in [6.45, 7) is 2.09. The average Bonchev–Trinajstić information content (AvgIpc) is 3.08. The number of ether oxygens (including phenoxy) is 1. The lowest BCUT2D eigenvalue weighted by Crippen LogP contribution is -2.54. The second-order valence-corrected chi connectivity index (χ2v) is 6.47. The zero-order chi connectivity index (χ0) is 14.5. The Morgan fingerprint density at radius 2 is 1.95 bits per heavy atom. The molecule has 21 heavy (non-hydrogen) atoms. The van der Waals surface area contributed by atoms with Crippen molar-refractivity contribution in [3.8, 4) is 5.75 Å². The molecule has 1 heterocycles. The Hall–Kier alpha value is -1.06. The van der Waals surface area contributed by atoms with Gasteiger partial charge < -0.3 is 15.4 Å². The molecule has 1 aromatic carbocycles. The molecular formula is C18H28N2O. The van der Waals surface area contributed by atoms with Crippen molar-refractivity contribution in [2.24, 2.45) is 5.92 Å². The molecule has 116 valence electrons. The third-order valence-corrected chi connectivity index (χ3v) is 5.16. The highest BCUT2D eigenvalue weighted by Crippen LogP contribution is 2.31. The number of benzene rings is 1. The zero-order valence-corrected chi connectivity index (χ0v) is 13.1. The monoisotopic (exact) mass is 288 g/mol. The summed E-state index contributed by atoms with van der Waals surface area (Å²) in [4.78, 5) is 0. The van der Waals surface area contributed by atoms with Crippen molar-refractivity contribution in [3.05, 3.63) is 29.8 Å². The van der Waals surface area contributed by atoms with Crippen LogP contribution in [0.1, 0.15) is 44.1 Å². The van der Waals surface area contributed by atoms with Crippen molar-refractivity contribution >= 4 is 0 Å². The van der Waals surface area contributed by atoms with Crippen molar-refractivity contribution in [3.63, 3.8) is 0 Å². The molecule has 3 rings (SSSR count). The largest absolute Gasteiger partial charge is 0.496 e. The fraction of sp³-hybridized carbons (Fsp3) is 0.667. The molecular weight excluding hydrogens is 260 g/mol. The molecule has 0 aromatic heterocycles. The highest BCUT2D eigenvalue weighted by molar-refractivity contribution is 5.33. The molecule has 0 spiro atoms. The maximum atomic E-state index is 5.46. The summed E-state index contributed by atoms with van der Waals surface area (Å²) in [6, 6.07) is 9.60. The van der Waals surface area contributed by atoms with E-state index in [1.165, 1.54) is 50.6 Å². The predicted molar refractivity (Wildman–Crippen MR) is 86.6 cm³/mol. The molecule has 1 saturated heterocycles. The van der Waals surface area contributed by atoms with Gasteiger partial charge in [-0.15, -0.1) is 0 Å². The van der Waals surface area contributed by atoms with E-state index in [-0.39, 0.29) is 0 Å². The van der Waals surface area contributed by atoms with Crippen LogP contribution in [-0.4, -0.2) is 25.7 Å². The summed E-state index contributed by atoms with van der Waals surface area (Å²) in [5.74, 6) is 1.87. The number of piperidine rings is 1. The summed E-state index contributed by atoms with van der Waals surface area (Å²) in [5, 5.41) is 7.58. The second kappa shape index (κ2) is 7.28. The van der Waals surface area contributed by atoms with Crippen LogP contribution >= 0.6 is 0 Å². The van der Waals surface area contributed by atoms with Gasteiger partial charge in [-0.25, -0.2) is 0 Å². The van der Waals surface area contributed by atoms with Crippen LogP contribution in [0.3, 0.4) is 0 Å². The summed E-state index contributed by atoms with van der Waals surface area (Å²) < 4.78 is 5.46. The van der Waals surface area contributed by atoms with Crippen molar-refractivity contribution in [2.75, 3.05) is 13.7 Å². The predicted octanol–water partition coefficient (Wildman–Crippen LogP) is 3.10. The van der Waals surface area contributed by atoms with Gasteiger partial charge in [0, 0.05) is 24.2 Å². The van der Waals surface area contributed by atoms with E-state index < -0.39 is 0 Å². The van der Waals surface area contributed by atoms with Gasteiger partial charge >= 0.3 is 0 Å². The van der Waals surface area contributed by atoms with Crippen LogP contribution in [0.4, 0.5) is 0 Å². The van der Waals surface area contributed by atoms with E-state index in [0.717, 1.165) is 18.2 Å². The zero-order valence-electron chi connectivity index (χ0n) is 13.1. The lowest BCUT2D eigenvalue weighted by Gasteiger charge is -2.37. The van der Waals surface area contributed by atoms with E-state index in [1.54, 1.807) is 7.11 Å². The first-order valence-electron chi connectivity index (χ1n) is 8.47. The molecule has 3 nitrogen and oxygen atoms in total. The summed E-state index contributed by atoms with van der Waals surface area (Å²) >= 11 is 0. The molecule has 2 fully saturated rings. The normalized spacial score (nSPS) is 26.9. The third kappa shape index (κ3) is 3.58. The van der Waals surface area contributed by atoms with Gasteiger partial charge in [0.05, 0.1) is 7.11 Å². The van der Waals surface area contributed by atoms with E-state index in [1.807, 2.05) is 12.1 Å². The molecule has 1 aliphatic heterocycles. The number of para-hydroxylation sites is 1. The van der Waals surface area contributed by atoms with Crippen molar-refractivity contribution in [1.82, 2.24) is 10.6 Å². The Bertz CT molecular complexity index is 443. The van der Waals surface area contributed by atoms with Crippen LogP contribution in [0.5, 0.6) is 5.75 Å². The minimum atomic E-state index is 0.603. The van der Waals surface area contributed by atoms with Crippen LogP contribution in [0.2, 0.25) is 0 Å². The molecule has 0 amide bonds. The molecule has 3 heteroatoms. The van der Waals surface area contributed by atoms with Gasteiger partial charge in [-0.05, 0) is 44.2 Å². The first-order valence-corrected chi connectivity index (χ1v) is 8.47. The van der Waals surface area contributed by atoms with Gasteiger partial charge in [-0.3, -0.25) is 0 Å². The van der Waals surface area contributed by atoms with E-state index >= 15 is 0 Å². The quantitative estimate of drug-likeness (QED) is 0.873. The van der Waals surface area contributed by atoms with Crippen LogP contribution in [0.25, 0.3) is 0 Å². The Labute approximate surface area is 128 Å². The molecule has 2 N–H and O–H groups in total. The van der Waals surface area contributed by atoms with Crippen LogP contribution in [0.15, 0.2) is 24.3 Å². The van der Waals surface area contributed by atoms with Gasteiger partial charge in [0.15, 0.2) is 0 Å². The third-order valence-electron chi connectivity index (χ3n) is 5.16. The number of methoxy groups -OCH3 is 1. The molecule has 0 unspecified atom stereocenters. The Balaban J connectivity index is 1.61. The molecule has 0 radical (unpaired) electrons. The van der Waals surface area contributed by atoms with Crippen LogP contribution in [0, 0.1) is 5.92 Å². The first-order chi connectivity index (χ1) is 10.4. The average molecular weight is 288 g/mol. The summed E-state index contributed by atoms with van der Waals surface area (Å²) in [5.41, 5.74) is 1.26. The van der Waals surface area contributed by atoms with Crippen LogP contribution < -0.4 is 15.4 Å². The Kier molecular flexibility index (Phi) is 5.15. The number of hydrogen-bond donors (Lipinski definition) is 2. The number of nitrogens with one attached hydrogen (secondary N) is 2. The van der Waals surface area contributed by atoms with Crippen molar-refractivity contribution < 1.29 is 4.74 Å². The van der Waals surface area contributed by atoms with E-state index in [2.05, 4.69) is 22.8 Å². The van der Waals surface area contributed by atoms with Gasteiger partial charge in [-0.2, -0.15) is 0 Å². The molecule has 1 aliphatic carbocycles. The summed E-state index contributed by atoms with van der Waals surface area (Å²) in [6.07, 6.45) is 8.23. The lowest BCUT2D eigenvalue weighted by atomic mass is 9.86. The minimum Gasteiger partial charge on any atom is -0.496 e. The molecule has 1 saturated carbocycles. The molecule has 2 aliphatic rings. The topological polar surface area (TPSA) is 33.3 Å². The molecule has 1 aromatic rings. The maximum Gasteiger partial charge on any atom is 0.123 e. The van der Waals surface area contributed by atoms with E-state index in [4.69, 9.17) is 4.74 Å². The van der Waals surface area contributed by atoms with E-state index in [0.29, 0.717) is 12.1 Å². The number of rotatable bonds is 5. The maximum absolute atomic E-state index is 5.46. The minimum absolute atomic E-state index is 0.603. The smallest absolute Gasteiger partial charge is 0.123 e. The summed E-state index contributed by atoms with van der Waals surface area (Å²) in [7, 11) is 1.75. The standard InChI is InChI=1S/C18H28N2O/c1-21-17-11-5-4-9-15(17)13-20-16-10-6-12-19-18(16)14-7-2-3-8-14/h4-5,9,11,14,16,18-20H,2-3,6-8,10,12-13H2,1H3/t16-,18-/m0/s1. The van der Waals surface area contributed by atoms with Crippen molar-refractivity contribution in [1.29, 1.82) is 0 Å². The highest BCUT2D eigenvalue weighted by atomic mass is 16.5. The first kappa shape index (κ1) is 14.9. The fourth-order valence-corrected chi connectivity index (χ4v) is 4.04. The van der Waals surface area contributed by atoms with Gasteiger partial charge in [0.1, 0.15) is 5.75 Å². The Morgan fingerprint density at radius 3 is 2.76 bits per heavy atom. The number of hydrogen-bond acceptors (Lipinski definition) is 3. The van der Waals surface area contributed by atoms with Crippen LogP contribution in [-0.2, 0) is 6.54 Å². The second-order valence-electron chi connectivity index (χ2n) is 6.47. The molecule has 0 bridgehead atoms. The molecule has 2 atom stereocenters.